The van der Waals surface area contributed by atoms with Crippen molar-refractivity contribution >= 4 is 11.6 Å². The number of nitrogens with zero attached hydrogens (tertiary/aromatic N) is 4. The summed E-state index contributed by atoms with van der Waals surface area (Å²) in [7, 11) is 1.47. The van der Waals surface area contributed by atoms with Crippen molar-refractivity contribution in [2.75, 3.05) is 7.11 Å². The number of halogens is 1. The lowest BCUT2D eigenvalue weighted by molar-refractivity contribution is 0.0987. The molecule has 8 heteroatoms. The van der Waals surface area contributed by atoms with Crippen LogP contribution in [-0.4, -0.2) is 33.7 Å². The van der Waals surface area contributed by atoms with Gasteiger partial charge in [0.25, 0.3) is 0 Å². The maximum atomic E-state index is 14.8. The van der Waals surface area contributed by atoms with Crippen LogP contribution in [0.1, 0.15) is 39.7 Å². The molecule has 1 aromatic carbocycles. The Hall–Kier alpha value is -3.68. The highest BCUT2D eigenvalue weighted by Gasteiger charge is 2.34. The number of aliphatic imine (C=N–C) groups is 1. The first-order chi connectivity index (χ1) is 14.4. The van der Waals surface area contributed by atoms with Gasteiger partial charge >= 0.3 is 0 Å². The molecule has 0 saturated heterocycles. The van der Waals surface area contributed by atoms with E-state index in [1.54, 1.807) is 24.5 Å². The Bertz CT molecular complexity index is 1150. The summed E-state index contributed by atoms with van der Waals surface area (Å²) in [6, 6.07) is 6.48. The molecule has 1 aliphatic heterocycles. The molecule has 3 heterocycles. The van der Waals surface area contributed by atoms with Gasteiger partial charge in [0.15, 0.2) is 5.78 Å². The second-order valence-corrected chi connectivity index (χ2v) is 7.34. The molecule has 4 rings (SSSR count). The summed E-state index contributed by atoms with van der Waals surface area (Å²) < 4.78 is 19.8. The van der Waals surface area contributed by atoms with Crippen LogP contribution >= 0.6 is 0 Å². The van der Waals surface area contributed by atoms with Crippen LogP contribution < -0.4 is 10.5 Å². The monoisotopic (exact) mass is 405 g/mol. The molecular formula is C22H20FN5O2. The molecule has 0 fully saturated rings. The molecule has 0 saturated carbocycles. The lowest BCUT2D eigenvalue weighted by atomic mass is 9.81. The van der Waals surface area contributed by atoms with Gasteiger partial charge in [-0.1, -0.05) is 6.07 Å². The molecule has 0 spiro atoms. The van der Waals surface area contributed by atoms with Crippen LogP contribution in [-0.2, 0) is 18.4 Å². The van der Waals surface area contributed by atoms with Crippen LogP contribution in [0.2, 0.25) is 0 Å². The summed E-state index contributed by atoms with van der Waals surface area (Å²) in [6.07, 6.45) is 6.63. The number of benzene rings is 1. The summed E-state index contributed by atoms with van der Waals surface area (Å²) in [4.78, 5) is 29.3. The van der Waals surface area contributed by atoms with Crippen molar-refractivity contribution in [3.8, 4) is 5.88 Å². The van der Waals surface area contributed by atoms with Crippen LogP contribution in [0.3, 0.4) is 0 Å². The highest BCUT2D eigenvalue weighted by atomic mass is 19.1. The second kappa shape index (κ2) is 7.62. The molecule has 3 aromatic rings. The number of hydrogen-bond acceptors (Lipinski definition) is 7. The quantitative estimate of drug-likeness (QED) is 0.655. The molecule has 0 radical (unpaired) electrons. The molecule has 1 atom stereocenters. The number of rotatable bonds is 5. The largest absolute Gasteiger partial charge is 0.480 e. The van der Waals surface area contributed by atoms with Gasteiger partial charge in [-0.25, -0.2) is 14.4 Å². The van der Waals surface area contributed by atoms with E-state index in [9.17, 15) is 9.18 Å². The first-order valence-electron chi connectivity index (χ1n) is 9.36. The molecule has 2 N–H and O–H groups in total. The SMILES string of the molecule is COc1cnc(C(=O)Cc2ccc(F)c(C3(C)Cc4ccncc4C(N)=N3)c2)cn1. The van der Waals surface area contributed by atoms with E-state index in [1.165, 1.54) is 25.6 Å². The van der Waals surface area contributed by atoms with E-state index in [2.05, 4.69) is 19.9 Å². The van der Waals surface area contributed by atoms with Gasteiger partial charge < -0.3 is 10.5 Å². The summed E-state index contributed by atoms with van der Waals surface area (Å²) in [6.45, 7) is 1.84. The van der Waals surface area contributed by atoms with Crippen LogP contribution in [0.4, 0.5) is 4.39 Å². The minimum absolute atomic E-state index is 0.0596. The average molecular weight is 405 g/mol. The predicted octanol–water partition coefficient (Wildman–Crippen LogP) is 2.62. The number of pyridine rings is 1. The van der Waals surface area contributed by atoms with Gasteiger partial charge in [-0.15, -0.1) is 0 Å². The van der Waals surface area contributed by atoms with Crippen LogP contribution in [0.25, 0.3) is 0 Å². The van der Waals surface area contributed by atoms with Gasteiger partial charge in [0, 0.05) is 36.4 Å². The smallest absolute Gasteiger partial charge is 0.232 e. The van der Waals surface area contributed by atoms with Crippen LogP contribution in [0, 0.1) is 5.82 Å². The number of fused-ring (bicyclic) bond motifs is 1. The number of ketones is 1. The minimum atomic E-state index is -0.887. The fourth-order valence-electron chi connectivity index (χ4n) is 3.64. The molecule has 152 valence electrons. The highest BCUT2D eigenvalue weighted by molar-refractivity contribution is 6.00. The Morgan fingerprint density at radius 2 is 2.07 bits per heavy atom. The van der Waals surface area contributed by atoms with Gasteiger partial charge in [0.1, 0.15) is 17.3 Å². The third-order valence-electron chi connectivity index (χ3n) is 5.19. The van der Waals surface area contributed by atoms with Gasteiger partial charge in [0.2, 0.25) is 5.88 Å². The number of amidine groups is 1. The van der Waals surface area contributed by atoms with Gasteiger partial charge in [0.05, 0.1) is 25.0 Å². The number of hydrogen-bond donors (Lipinski definition) is 1. The van der Waals surface area contributed by atoms with E-state index in [1.807, 2.05) is 13.0 Å². The Morgan fingerprint density at radius 3 is 2.80 bits per heavy atom. The Balaban J connectivity index is 1.64. The van der Waals surface area contributed by atoms with Crippen molar-refractivity contribution < 1.29 is 13.9 Å². The van der Waals surface area contributed by atoms with Gasteiger partial charge in [-0.05, 0) is 36.2 Å². The third-order valence-corrected chi connectivity index (χ3v) is 5.19. The number of Topliss-reactive ketones (excluding diaryl/α,β-unsaturated/α-hetero) is 1. The van der Waals surface area contributed by atoms with E-state index < -0.39 is 11.4 Å². The molecule has 0 aliphatic carbocycles. The normalized spacial score (nSPS) is 17.8. The first kappa shape index (κ1) is 19.6. The average Bonchev–Trinajstić information content (AvgIpc) is 2.75. The van der Waals surface area contributed by atoms with Crippen molar-refractivity contribution in [2.45, 2.75) is 25.3 Å². The fourth-order valence-corrected chi connectivity index (χ4v) is 3.64. The molecule has 7 nitrogen and oxygen atoms in total. The Labute approximate surface area is 172 Å². The molecule has 30 heavy (non-hydrogen) atoms. The second-order valence-electron chi connectivity index (χ2n) is 7.34. The van der Waals surface area contributed by atoms with Gasteiger partial charge in [-0.2, -0.15) is 0 Å². The zero-order valence-electron chi connectivity index (χ0n) is 16.6. The summed E-state index contributed by atoms with van der Waals surface area (Å²) in [5.41, 5.74) is 8.23. The lowest BCUT2D eigenvalue weighted by Gasteiger charge is -2.32. The predicted molar refractivity (Wildman–Crippen MR) is 109 cm³/mol. The van der Waals surface area contributed by atoms with E-state index in [4.69, 9.17) is 10.5 Å². The Morgan fingerprint density at radius 1 is 1.23 bits per heavy atom. The number of ether oxygens (including phenoxy) is 1. The molecule has 1 unspecified atom stereocenters. The van der Waals surface area contributed by atoms with E-state index in [0.717, 1.165) is 11.1 Å². The third kappa shape index (κ3) is 3.63. The summed E-state index contributed by atoms with van der Waals surface area (Å²) in [5, 5.41) is 0. The first-order valence-corrected chi connectivity index (χ1v) is 9.36. The number of nitrogens with two attached hydrogens (primary N) is 1. The van der Waals surface area contributed by atoms with Crippen LogP contribution in [0.5, 0.6) is 5.88 Å². The maximum absolute atomic E-state index is 14.8. The number of carbonyl (C=O) groups is 1. The molecule has 0 bridgehead atoms. The standard InChI is InChI=1S/C22H20FN5O2/c1-22(9-14-5-6-25-10-15(14)21(24)28-22)16-7-13(3-4-17(16)23)8-19(29)18-11-27-20(30-2)12-26-18/h3-7,10-12H,8-9H2,1-2H3,(H2,24,28). The fraction of sp³-hybridized carbons (Fsp3) is 0.227. The highest BCUT2D eigenvalue weighted by Crippen LogP contribution is 2.36. The summed E-state index contributed by atoms with van der Waals surface area (Å²) >= 11 is 0. The van der Waals surface area contributed by atoms with Crippen LogP contribution in [0.15, 0.2) is 54.0 Å². The number of aromatic nitrogens is 3. The molecule has 0 amide bonds. The molecule has 1 aliphatic rings. The van der Waals surface area contributed by atoms with Crippen molar-refractivity contribution in [3.63, 3.8) is 0 Å². The topological polar surface area (TPSA) is 103 Å². The van der Waals surface area contributed by atoms with Crippen molar-refractivity contribution in [2.24, 2.45) is 10.7 Å². The zero-order valence-corrected chi connectivity index (χ0v) is 16.6. The van der Waals surface area contributed by atoms with E-state index in [-0.39, 0.29) is 17.9 Å². The molecule has 2 aromatic heterocycles. The number of methoxy groups -OCH3 is 1. The number of carbonyl (C=O) groups excluding carboxylic acids is 1. The maximum Gasteiger partial charge on any atom is 0.232 e. The van der Waals surface area contributed by atoms with Crippen molar-refractivity contribution in [3.05, 3.63) is 82.8 Å². The van der Waals surface area contributed by atoms with E-state index >= 15 is 0 Å². The zero-order chi connectivity index (χ0) is 21.3. The van der Waals surface area contributed by atoms with Crippen molar-refractivity contribution in [1.29, 1.82) is 0 Å². The van der Waals surface area contributed by atoms with Crippen molar-refractivity contribution in [1.82, 2.24) is 15.0 Å². The van der Waals surface area contributed by atoms with Gasteiger partial charge in [-0.3, -0.25) is 14.8 Å². The minimum Gasteiger partial charge on any atom is -0.480 e. The molecular weight excluding hydrogens is 385 g/mol. The lowest BCUT2D eigenvalue weighted by Crippen LogP contribution is -2.34. The summed E-state index contributed by atoms with van der Waals surface area (Å²) in [5.74, 6) is 0.0240. The van der Waals surface area contributed by atoms with E-state index in [0.29, 0.717) is 29.3 Å². The Kier molecular flexibility index (Phi) is 4.99.